The summed E-state index contributed by atoms with van der Waals surface area (Å²) in [5.41, 5.74) is 0.467. The Morgan fingerprint density at radius 1 is 1.32 bits per heavy atom. The van der Waals surface area contributed by atoms with Gasteiger partial charge in [0.1, 0.15) is 0 Å². The second-order valence-corrected chi connectivity index (χ2v) is 6.18. The van der Waals surface area contributed by atoms with Gasteiger partial charge in [0.2, 0.25) is 10.0 Å². The molecule has 2 N–H and O–H groups in total. The second-order valence-electron chi connectivity index (χ2n) is 4.41. The SMILES string of the molecule is C=CCNS(=O)(=O)c1ccc(C(=O)NC2CC2)cc1. The van der Waals surface area contributed by atoms with Crippen molar-refractivity contribution in [3.05, 3.63) is 42.5 Å². The maximum Gasteiger partial charge on any atom is 0.251 e. The molecule has 6 heteroatoms. The summed E-state index contributed by atoms with van der Waals surface area (Å²) in [5.74, 6) is -0.162. The first-order valence-electron chi connectivity index (χ1n) is 6.04. The first kappa shape index (κ1) is 13.8. The Bertz CT molecular complexity index is 574. The molecule has 0 unspecified atom stereocenters. The molecule has 0 spiro atoms. The number of rotatable bonds is 6. The van der Waals surface area contributed by atoms with Gasteiger partial charge in [-0.1, -0.05) is 6.08 Å². The summed E-state index contributed by atoms with van der Waals surface area (Å²) in [6.45, 7) is 3.62. The van der Waals surface area contributed by atoms with Crippen molar-refractivity contribution in [2.75, 3.05) is 6.54 Å². The van der Waals surface area contributed by atoms with Crippen LogP contribution in [-0.2, 0) is 10.0 Å². The highest BCUT2D eigenvalue weighted by atomic mass is 32.2. The molecule has 0 saturated heterocycles. The summed E-state index contributed by atoms with van der Waals surface area (Å²) in [5, 5.41) is 2.85. The lowest BCUT2D eigenvalue weighted by Crippen LogP contribution is -2.26. The van der Waals surface area contributed by atoms with Crippen LogP contribution in [0.1, 0.15) is 23.2 Å². The Morgan fingerprint density at radius 3 is 2.47 bits per heavy atom. The van der Waals surface area contributed by atoms with Gasteiger partial charge in [0.15, 0.2) is 0 Å². The van der Waals surface area contributed by atoms with Crippen LogP contribution in [0.25, 0.3) is 0 Å². The molecule has 0 aliphatic heterocycles. The first-order chi connectivity index (χ1) is 9.03. The van der Waals surface area contributed by atoms with Crippen LogP contribution in [0.5, 0.6) is 0 Å². The van der Waals surface area contributed by atoms with E-state index in [9.17, 15) is 13.2 Å². The molecule has 1 aromatic rings. The summed E-state index contributed by atoms with van der Waals surface area (Å²) in [4.78, 5) is 11.9. The van der Waals surface area contributed by atoms with Gasteiger partial charge < -0.3 is 5.32 Å². The van der Waals surface area contributed by atoms with Crippen LogP contribution in [0.3, 0.4) is 0 Å². The lowest BCUT2D eigenvalue weighted by atomic mass is 10.2. The molecule has 102 valence electrons. The lowest BCUT2D eigenvalue weighted by Gasteiger charge is -2.06. The molecule has 2 rings (SSSR count). The van der Waals surface area contributed by atoms with Gasteiger partial charge in [0, 0.05) is 18.2 Å². The van der Waals surface area contributed by atoms with Crippen LogP contribution in [0.4, 0.5) is 0 Å². The monoisotopic (exact) mass is 280 g/mol. The zero-order valence-electron chi connectivity index (χ0n) is 10.4. The van der Waals surface area contributed by atoms with Crippen LogP contribution >= 0.6 is 0 Å². The minimum absolute atomic E-state index is 0.136. The van der Waals surface area contributed by atoms with Crippen molar-refractivity contribution < 1.29 is 13.2 Å². The highest BCUT2D eigenvalue weighted by molar-refractivity contribution is 7.89. The molecule has 1 aromatic carbocycles. The van der Waals surface area contributed by atoms with Gasteiger partial charge in [-0.3, -0.25) is 4.79 Å². The molecule has 1 amide bonds. The van der Waals surface area contributed by atoms with Crippen molar-refractivity contribution in [1.82, 2.24) is 10.0 Å². The average Bonchev–Trinajstić information content (AvgIpc) is 3.20. The van der Waals surface area contributed by atoms with Gasteiger partial charge in [0.05, 0.1) is 4.90 Å². The number of benzene rings is 1. The average molecular weight is 280 g/mol. The van der Waals surface area contributed by atoms with Crippen LogP contribution in [0.2, 0.25) is 0 Å². The molecule has 5 nitrogen and oxygen atoms in total. The minimum Gasteiger partial charge on any atom is -0.349 e. The minimum atomic E-state index is -3.53. The van der Waals surface area contributed by atoms with E-state index < -0.39 is 10.0 Å². The molecular formula is C13H16N2O3S. The zero-order chi connectivity index (χ0) is 13.9. The van der Waals surface area contributed by atoms with Crippen LogP contribution in [0.15, 0.2) is 41.8 Å². The number of carbonyl (C=O) groups excluding carboxylic acids is 1. The molecule has 1 fully saturated rings. The van der Waals surface area contributed by atoms with Crippen LogP contribution in [-0.4, -0.2) is 26.9 Å². The predicted octanol–water partition coefficient (Wildman–Crippen LogP) is 1.04. The Morgan fingerprint density at radius 2 is 1.95 bits per heavy atom. The van der Waals surface area contributed by atoms with Crippen molar-refractivity contribution in [2.45, 2.75) is 23.8 Å². The van der Waals surface area contributed by atoms with Crippen molar-refractivity contribution in [3.8, 4) is 0 Å². The van der Waals surface area contributed by atoms with Crippen molar-refractivity contribution in [3.63, 3.8) is 0 Å². The quantitative estimate of drug-likeness (QED) is 0.765. The maximum absolute atomic E-state index is 11.8. The van der Waals surface area contributed by atoms with Gasteiger partial charge in [-0.15, -0.1) is 6.58 Å². The smallest absolute Gasteiger partial charge is 0.251 e. The number of carbonyl (C=O) groups is 1. The second kappa shape index (κ2) is 5.54. The molecule has 0 atom stereocenters. The third-order valence-electron chi connectivity index (χ3n) is 2.76. The zero-order valence-corrected chi connectivity index (χ0v) is 11.2. The fourth-order valence-corrected chi connectivity index (χ4v) is 2.53. The highest BCUT2D eigenvalue weighted by Crippen LogP contribution is 2.19. The predicted molar refractivity (Wildman–Crippen MR) is 72.3 cm³/mol. The van der Waals surface area contributed by atoms with E-state index in [-0.39, 0.29) is 23.4 Å². The van der Waals surface area contributed by atoms with E-state index in [1.165, 1.54) is 30.3 Å². The summed E-state index contributed by atoms with van der Waals surface area (Å²) >= 11 is 0. The van der Waals surface area contributed by atoms with Crippen molar-refractivity contribution in [2.24, 2.45) is 0 Å². The van der Waals surface area contributed by atoms with Crippen molar-refractivity contribution >= 4 is 15.9 Å². The van der Waals surface area contributed by atoms with Crippen molar-refractivity contribution in [1.29, 1.82) is 0 Å². The fourth-order valence-electron chi connectivity index (χ4n) is 1.53. The number of nitrogens with one attached hydrogen (secondary N) is 2. The van der Waals surface area contributed by atoms with E-state index in [1.54, 1.807) is 0 Å². The standard InChI is InChI=1S/C13H16N2O3S/c1-2-9-14-19(17,18)12-7-3-10(4-8-12)13(16)15-11-5-6-11/h2-4,7-8,11,14H,1,5-6,9H2,(H,15,16). The summed E-state index contributed by atoms with van der Waals surface area (Å²) in [6.07, 6.45) is 3.50. The maximum atomic E-state index is 11.8. The largest absolute Gasteiger partial charge is 0.349 e. The van der Waals surface area contributed by atoms with Gasteiger partial charge in [0.25, 0.3) is 5.91 Å². The van der Waals surface area contributed by atoms with Gasteiger partial charge >= 0.3 is 0 Å². The van der Waals surface area contributed by atoms with Crippen LogP contribution < -0.4 is 10.0 Å². The Hall–Kier alpha value is -1.66. The fraction of sp³-hybridized carbons (Fsp3) is 0.308. The number of sulfonamides is 1. The van der Waals surface area contributed by atoms with E-state index in [0.717, 1.165) is 12.8 Å². The molecule has 1 aliphatic carbocycles. The number of amides is 1. The van der Waals surface area contributed by atoms with Gasteiger partial charge in [-0.2, -0.15) is 0 Å². The Balaban J connectivity index is 2.08. The van der Waals surface area contributed by atoms with Gasteiger partial charge in [-0.05, 0) is 37.1 Å². The molecule has 19 heavy (non-hydrogen) atoms. The summed E-state index contributed by atoms with van der Waals surface area (Å²) in [6, 6.07) is 6.16. The molecule has 1 saturated carbocycles. The Kier molecular flexibility index (Phi) is 4.01. The molecule has 0 bridgehead atoms. The first-order valence-corrected chi connectivity index (χ1v) is 7.53. The molecule has 1 aliphatic rings. The third-order valence-corrected chi connectivity index (χ3v) is 4.20. The van der Waals surface area contributed by atoms with E-state index in [1.807, 2.05) is 0 Å². The lowest BCUT2D eigenvalue weighted by molar-refractivity contribution is 0.0951. The normalized spacial score (nSPS) is 14.9. The third kappa shape index (κ3) is 3.65. The summed E-state index contributed by atoms with van der Waals surface area (Å²) in [7, 11) is -3.53. The van der Waals surface area contributed by atoms with E-state index in [2.05, 4.69) is 16.6 Å². The molecule has 0 radical (unpaired) electrons. The highest BCUT2D eigenvalue weighted by Gasteiger charge is 2.24. The van der Waals surface area contributed by atoms with E-state index in [4.69, 9.17) is 0 Å². The van der Waals surface area contributed by atoms with E-state index >= 15 is 0 Å². The molecule has 0 heterocycles. The molecular weight excluding hydrogens is 264 g/mol. The topological polar surface area (TPSA) is 75.3 Å². The Labute approximate surface area is 112 Å². The summed E-state index contributed by atoms with van der Waals surface area (Å²) < 4.78 is 26.0. The molecule has 0 aromatic heterocycles. The van der Waals surface area contributed by atoms with E-state index in [0.29, 0.717) is 5.56 Å². The number of hydrogen-bond acceptors (Lipinski definition) is 3. The van der Waals surface area contributed by atoms with Gasteiger partial charge in [-0.25, -0.2) is 13.1 Å². The van der Waals surface area contributed by atoms with Crippen LogP contribution in [0, 0.1) is 0 Å². The number of hydrogen-bond donors (Lipinski definition) is 2.